The number of imide groups is 1. The number of amides is 2. The largest absolute Gasteiger partial charge is 0.495 e. The number of methoxy groups -OCH3 is 1. The molecule has 0 aliphatic carbocycles. The van der Waals surface area contributed by atoms with E-state index in [1.165, 1.54) is 25.3 Å². The summed E-state index contributed by atoms with van der Waals surface area (Å²) in [6.07, 6.45) is 2.11. The number of nitro benzene ring substituents is 1. The van der Waals surface area contributed by atoms with Crippen molar-refractivity contribution in [2.45, 2.75) is 18.0 Å². The van der Waals surface area contributed by atoms with E-state index >= 15 is 0 Å². The van der Waals surface area contributed by atoms with Gasteiger partial charge in [-0.15, -0.1) is 0 Å². The molecule has 0 N–H and O–H groups in total. The molecule has 0 saturated carbocycles. The van der Waals surface area contributed by atoms with Crippen molar-refractivity contribution in [3.05, 3.63) is 40.5 Å². The molecule has 0 unspecified atom stereocenters. The Morgan fingerprint density at radius 2 is 2.00 bits per heavy atom. The number of anilines is 1. The number of carbonyl (C=O) groups excluding carboxylic acids is 2. The Bertz CT molecular complexity index is 924. The smallest absolute Gasteiger partial charge is 0.271 e. The number of ether oxygens (including phenoxy) is 4. The third kappa shape index (κ3) is 2.07. The van der Waals surface area contributed by atoms with Crippen LogP contribution in [0.1, 0.15) is 0 Å². The molecule has 5 rings (SSSR count). The van der Waals surface area contributed by atoms with Gasteiger partial charge in [0.05, 0.1) is 43.2 Å². The number of rotatable bonds is 4. The van der Waals surface area contributed by atoms with E-state index in [-0.39, 0.29) is 17.1 Å². The highest BCUT2D eigenvalue weighted by Crippen LogP contribution is 2.55. The van der Waals surface area contributed by atoms with Crippen molar-refractivity contribution in [3.63, 3.8) is 0 Å². The van der Waals surface area contributed by atoms with Crippen LogP contribution >= 0.6 is 0 Å². The summed E-state index contributed by atoms with van der Waals surface area (Å²) in [5.41, 5.74) is -1.38. The van der Waals surface area contributed by atoms with E-state index in [1.807, 2.05) is 0 Å². The molecule has 3 fully saturated rings. The van der Waals surface area contributed by atoms with E-state index < -0.39 is 46.6 Å². The second-order valence-electron chi connectivity index (χ2n) is 7.00. The zero-order chi connectivity index (χ0) is 19.6. The minimum atomic E-state index is -1.18. The predicted octanol–water partition coefficient (Wildman–Crippen LogP) is 0.789. The van der Waals surface area contributed by atoms with Gasteiger partial charge in [-0.05, 0) is 12.1 Å². The molecule has 10 nitrogen and oxygen atoms in total. The number of hydrogen-bond acceptors (Lipinski definition) is 8. The topological polar surface area (TPSA) is 117 Å². The second kappa shape index (κ2) is 5.84. The van der Waals surface area contributed by atoms with Gasteiger partial charge in [-0.1, -0.05) is 6.08 Å². The van der Waals surface area contributed by atoms with Crippen LogP contribution in [0, 0.1) is 22.0 Å². The van der Waals surface area contributed by atoms with Crippen LogP contribution in [-0.2, 0) is 23.8 Å². The van der Waals surface area contributed by atoms with Gasteiger partial charge in [0, 0.05) is 12.1 Å². The molecule has 1 aromatic carbocycles. The van der Waals surface area contributed by atoms with Gasteiger partial charge < -0.3 is 18.9 Å². The van der Waals surface area contributed by atoms with Crippen LogP contribution in [0.3, 0.4) is 0 Å². The molecule has 4 aliphatic rings. The summed E-state index contributed by atoms with van der Waals surface area (Å²) in [5, 5.41) is 11.2. The summed E-state index contributed by atoms with van der Waals surface area (Å²) in [5.74, 6) is -2.38. The summed E-state index contributed by atoms with van der Waals surface area (Å²) >= 11 is 0. The molecule has 4 atom stereocenters. The third-order valence-corrected chi connectivity index (χ3v) is 5.68. The number of nitrogens with zero attached hydrogens (tertiary/aromatic N) is 2. The van der Waals surface area contributed by atoms with Crippen LogP contribution in [0.15, 0.2) is 30.4 Å². The SMILES string of the molecule is COc1ccc([N+](=O)[O-])cc1N1C(=O)[C@H]2[C@@H](C1=O)[C@@]1(C3OCCO3)C=C[C@H]2O1. The van der Waals surface area contributed by atoms with Gasteiger partial charge in [-0.25, -0.2) is 4.90 Å². The van der Waals surface area contributed by atoms with Crippen molar-refractivity contribution < 1.29 is 33.5 Å². The fourth-order valence-corrected chi connectivity index (χ4v) is 4.53. The van der Waals surface area contributed by atoms with Crippen LogP contribution in [-0.4, -0.2) is 55.1 Å². The number of benzene rings is 1. The van der Waals surface area contributed by atoms with Gasteiger partial charge in [0.15, 0.2) is 11.9 Å². The maximum atomic E-state index is 13.4. The van der Waals surface area contributed by atoms with Gasteiger partial charge in [-0.2, -0.15) is 0 Å². The molecule has 0 aromatic heterocycles. The van der Waals surface area contributed by atoms with Gasteiger partial charge in [-0.3, -0.25) is 19.7 Å². The first-order chi connectivity index (χ1) is 13.5. The van der Waals surface area contributed by atoms with Crippen molar-refractivity contribution in [2.24, 2.45) is 11.8 Å². The molecule has 146 valence electrons. The number of fused-ring (bicyclic) bond motifs is 5. The monoisotopic (exact) mass is 388 g/mol. The average molecular weight is 388 g/mol. The van der Waals surface area contributed by atoms with E-state index in [9.17, 15) is 19.7 Å². The molecule has 4 aliphatic heterocycles. The van der Waals surface area contributed by atoms with Crippen molar-refractivity contribution in [3.8, 4) is 5.75 Å². The quantitative estimate of drug-likeness (QED) is 0.322. The number of hydrogen-bond donors (Lipinski definition) is 0. The molecule has 2 bridgehead atoms. The highest BCUT2D eigenvalue weighted by Gasteiger charge is 2.71. The molecule has 10 heteroatoms. The molecule has 2 amide bonds. The van der Waals surface area contributed by atoms with E-state index in [0.29, 0.717) is 13.2 Å². The summed E-state index contributed by atoms with van der Waals surface area (Å²) in [7, 11) is 1.37. The van der Waals surface area contributed by atoms with Gasteiger partial charge in [0.25, 0.3) is 5.69 Å². The number of carbonyl (C=O) groups is 2. The molecule has 3 saturated heterocycles. The summed E-state index contributed by atoms with van der Waals surface area (Å²) in [6.45, 7) is 0.743. The average Bonchev–Trinajstić information content (AvgIpc) is 3.45. The molecule has 1 aromatic rings. The zero-order valence-corrected chi connectivity index (χ0v) is 14.8. The number of non-ortho nitro benzene ring substituents is 1. The van der Waals surface area contributed by atoms with Crippen LogP contribution in [0.25, 0.3) is 0 Å². The Labute approximate surface area is 158 Å². The molecule has 0 radical (unpaired) electrons. The van der Waals surface area contributed by atoms with Gasteiger partial charge >= 0.3 is 0 Å². The maximum absolute atomic E-state index is 13.4. The molecule has 0 spiro atoms. The van der Waals surface area contributed by atoms with Crippen LogP contribution in [0.4, 0.5) is 11.4 Å². The highest BCUT2D eigenvalue weighted by atomic mass is 16.7. The van der Waals surface area contributed by atoms with Crippen molar-refractivity contribution in [1.29, 1.82) is 0 Å². The van der Waals surface area contributed by atoms with Crippen LogP contribution in [0.2, 0.25) is 0 Å². The minimum absolute atomic E-state index is 0.0453. The standard InChI is InChI=1S/C18H16N2O8/c1-25-11-3-2-9(20(23)24)8-10(11)19-15(21)13-12-4-5-18(28-12,14(13)16(19)22)17-26-6-7-27-17/h2-5,8,12-14,17H,6-7H2,1H3/t12-,13-,14+,18-/m1/s1. The molecular formula is C18H16N2O8. The lowest BCUT2D eigenvalue weighted by Gasteiger charge is -2.32. The molecule has 4 heterocycles. The Morgan fingerprint density at radius 3 is 2.68 bits per heavy atom. The van der Waals surface area contributed by atoms with Crippen LogP contribution in [0.5, 0.6) is 5.75 Å². The van der Waals surface area contributed by atoms with E-state index in [2.05, 4.69) is 0 Å². The molecular weight excluding hydrogens is 372 g/mol. The lowest BCUT2D eigenvalue weighted by atomic mass is 9.76. The maximum Gasteiger partial charge on any atom is 0.271 e. The summed E-state index contributed by atoms with van der Waals surface area (Å²) in [4.78, 5) is 38.1. The Kier molecular flexibility index (Phi) is 3.60. The Morgan fingerprint density at radius 1 is 1.25 bits per heavy atom. The third-order valence-electron chi connectivity index (χ3n) is 5.68. The first kappa shape index (κ1) is 17.3. The first-order valence-corrected chi connectivity index (χ1v) is 8.78. The van der Waals surface area contributed by atoms with Gasteiger partial charge in [0.2, 0.25) is 11.8 Å². The lowest BCUT2D eigenvalue weighted by Crippen LogP contribution is -2.49. The Balaban J connectivity index is 1.59. The predicted molar refractivity (Wildman–Crippen MR) is 91.6 cm³/mol. The fraction of sp³-hybridized carbons (Fsp3) is 0.444. The minimum Gasteiger partial charge on any atom is -0.495 e. The summed E-state index contributed by atoms with van der Waals surface area (Å²) in [6, 6.07) is 3.79. The highest BCUT2D eigenvalue weighted by molar-refractivity contribution is 6.24. The van der Waals surface area contributed by atoms with E-state index in [4.69, 9.17) is 18.9 Å². The Hall–Kier alpha value is -2.82. The van der Waals surface area contributed by atoms with Gasteiger partial charge in [0.1, 0.15) is 11.4 Å². The first-order valence-electron chi connectivity index (χ1n) is 8.78. The summed E-state index contributed by atoms with van der Waals surface area (Å²) < 4.78 is 22.4. The van der Waals surface area contributed by atoms with Crippen molar-refractivity contribution in [2.75, 3.05) is 25.2 Å². The van der Waals surface area contributed by atoms with E-state index in [1.54, 1.807) is 12.2 Å². The van der Waals surface area contributed by atoms with Crippen LogP contribution < -0.4 is 9.64 Å². The van der Waals surface area contributed by atoms with Crippen molar-refractivity contribution >= 4 is 23.2 Å². The normalized spacial score (nSPS) is 33.8. The number of nitro groups is 1. The second-order valence-corrected chi connectivity index (χ2v) is 7.00. The lowest BCUT2D eigenvalue weighted by molar-refractivity contribution is -0.384. The molecule has 28 heavy (non-hydrogen) atoms. The fourth-order valence-electron chi connectivity index (χ4n) is 4.53. The zero-order valence-electron chi connectivity index (χ0n) is 14.8. The van der Waals surface area contributed by atoms with Crippen molar-refractivity contribution in [1.82, 2.24) is 0 Å². The van der Waals surface area contributed by atoms with E-state index in [0.717, 1.165) is 4.90 Å².